The maximum absolute atomic E-state index is 13.9. The number of nitrogens with one attached hydrogen (secondary N) is 5. The van der Waals surface area contributed by atoms with Crippen molar-refractivity contribution in [2.24, 2.45) is 29.2 Å². The molecule has 14 N–H and O–H groups in total. The summed E-state index contributed by atoms with van der Waals surface area (Å²) in [7, 11) is 0. The van der Waals surface area contributed by atoms with Crippen molar-refractivity contribution in [1.29, 1.82) is 0 Å². The Bertz CT molecular complexity index is 1470. The van der Waals surface area contributed by atoms with Gasteiger partial charge in [0, 0.05) is 19.3 Å². The maximum atomic E-state index is 13.9. The van der Waals surface area contributed by atoms with Crippen molar-refractivity contribution < 1.29 is 54.3 Å². The van der Waals surface area contributed by atoms with Crippen LogP contribution < -0.4 is 43.8 Å². The molecule has 0 aliphatic heterocycles. The van der Waals surface area contributed by atoms with Gasteiger partial charge in [-0.25, -0.2) is 4.79 Å². The van der Waals surface area contributed by atoms with Gasteiger partial charge in [-0.2, -0.15) is 0 Å². The lowest BCUT2D eigenvalue weighted by Crippen LogP contribution is -2.69. The van der Waals surface area contributed by atoms with E-state index < -0.39 is 95.9 Å². The summed E-state index contributed by atoms with van der Waals surface area (Å²) < 4.78 is 0. The highest BCUT2D eigenvalue weighted by Gasteiger charge is 2.35. The molecule has 1 aromatic rings. The Morgan fingerprint density at radius 1 is 0.667 bits per heavy atom. The number of primary amides is 2. The van der Waals surface area contributed by atoms with Gasteiger partial charge in [0.25, 0.3) is 5.91 Å². The van der Waals surface area contributed by atoms with Crippen LogP contribution >= 0.6 is 0 Å². The molecule has 0 unspecified atom stereocenters. The third-order valence-corrected chi connectivity index (χ3v) is 8.60. The molecule has 0 aliphatic rings. The molecule has 7 amide bonds. The van der Waals surface area contributed by atoms with Crippen LogP contribution in [0.1, 0.15) is 85.6 Å². The number of nitrogens with two attached hydrogens (primary N) is 2. The Hall–Kier alpha value is -5.26. The molecular formula is C36H59N8O10+. The van der Waals surface area contributed by atoms with Gasteiger partial charge in [0.15, 0.2) is 6.04 Å². The van der Waals surface area contributed by atoms with Crippen LogP contribution in [0, 0.1) is 17.8 Å². The Labute approximate surface area is 315 Å². The highest BCUT2D eigenvalue weighted by atomic mass is 16.4. The first-order valence-corrected chi connectivity index (χ1v) is 18.1. The Morgan fingerprint density at radius 3 is 1.67 bits per heavy atom. The van der Waals surface area contributed by atoms with Crippen LogP contribution in [0.2, 0.25) is 0 Å². The zero-order valence-electron chi connectivity index (χ0n) is 32.0. The maximum Gasteiger partial charge on any atom is 0.326 e. The molecule has 1 aromatic carbocycles. The smallest absolute Gasteiger partial charge is 0.326 e. The fourth-order valence-electron chi connectivity index (χ4n) is 5.46. The molecule has 0 bridgehead atoms. The van der Waals surface area contributed by atoms with Crippen LogP contribution in [0.5, 0.6) is 5.75 Å². The fourth-order valence-corrected chi connectivity index (χ4v) is 5.46. The number of carbonyl (C=O) groups is 8. The number of hydrogen-bond acceptors (Lipinski definition) is 9. The average Bonchev–Trinajstić information content (AvgIpc) is 3.07. The van der Waals surface area contributed by atoms with E-state index in [-0.39, 0.29) is 43.3 Å². The van der Waals surface area contributed by atoms with Gasteiger partial charge in [-0.15, -0.1) is 0 Å². The number of hydrogen-bond donors (Lipinski definition) is 10. The van der Waals surface area contributed by atoms with Crippen molar-refractivity contribution in [2.45, 2.75) is 123 Å². The van der Waals surface area contributed by atoms with Crippen LogP contribution in [0.3, 0.4) is 0 Å². The first-order chi connectivity index (χ1) is 25.1. The van der Waals surface area contributed by atoms with Crippen molar-refractivity contribution in [3.8, 4) is 5.75 Å². The van der Waals surface area contributed by atoms with E-state index in [9.17, 15) is 48.6 Å². The Balaban J connectivity index is 3.39. The van der Waals surface area contributed by atoms with E-state index in [1.54, 1.807) is 39.8 Å². The summed E-state index contributed by atoms with van der Waals surface area (Å²) in [4.78, 5) is 103. The zero-order chi connectivity index (χ0) is 41.3. The Kier molecular flexibility index (Phi) is 19.7. The lowest BCUT2D eigenvalue weighted by Gasteiger charge is -2.29. The van der Waals surface area contributed by atoms with E-state index in [1.807, 2.05) is 13.8 Å². The molecule has 0 fully saturated rings. The summed E-state index contributed by atoms with van der Waals surface area (Å²) in [5.74, 6) is -7.73. The normalized spacial score (nSPS) is 15.1. The lowest BCUT2D eigenvalue weighted by molar-refractivity contribution is -0.406. The molecule has 0 saturated carbocycles. The van der Waals surface area contributed by atoms with Crippen LogP contribution in [0.15, 0.2) is 24.3 Å². The van der Waals surface area contributed by atoms with Gasteiger partial charge in [0.05, 0.1) is 6.42 Å². The summed E-state index contributed by atoms with van der Waals surface area (Å²) in [5, 5.41) is 31.8. The molecule has 0 heterocycles. The number of carboxylic acid groups (broad SMARTS) is 1. The number of aromatic hydroxyl groups is 1. The largest absolute Gasteiger partial charge is 0.508 e. The minimum Gasteiger partial charge on any atom is -0.508 e. The number of amides is 7. The number of phenols is 1. The van der Waals surface area contributed by atoms with Gasteiger partial charge < -0.3 is 54.0 Å². The van der Waals surface area contributed by atoms with Crippen LogP contribution in [0.25, 0.3) is 0 Å². The zero-order valence-corrected chi connectivity index (χ0v) is 32.0. The van der Waals surface area contributed by atoms with Crippen LogP contribution in [0.4, 0.5) is 0 Å². The van der Waals surface area contributed by atoms with E-state index >= 15 is 0 Å². The number of quaternary nitrogens is 1. The minimum absolute atomic E-state index is 0.000802. The van der Waals surface area contributed by atoms with Gasteiger partial charge in [0.2, 0.25) is 35.4 Å². The number of carboxylic acids is 1. The second-order valence-electron chi connectivity index (χ2n) is 14.5. The number of aliphatic carboxylic acids is 1. The SMILES string of the molecule is CC[C@H](C)[C@H](NC(=O)[C@H](Cc1ccc(O)cc1)NC(=O)[C@@H]([NH3+])CC(C)C)C(=O)N[C@@H](CCC(N)=O)C(=O)N[C@@H](CC(N)=O)C(=O)N[C@@H](CC(C)C)C(=O)O. The van der Waals surface area contributed by atoms with Crippen LogP contribution in [-0.2, 0) is 44.8 Å². The van der Waals surface area contributed by atoms with Crippen molar-refractivity contribution in [3.05, 3.63) is 29.8 Å². The molecule has 0 radical (unpaired) electrons. The molecule has 0 aliphatic carbocycles. The molecule has 7 atom stereocenters. The van der Waals surface area contributed by atoms with Crippen molar-refractivity contribution in [3.63, 3.8) is 0 Å². The standard InChI is InChI=1S/C36H58N8O10/c1-7-20(6)30(44-34(51)25(16-21-8-10-22(45)11-9-21)41-31(48)23(37)14-18(2)3)35(52)40-24(12-13-28(38)46)32(49)42-26(17-29(39)47)33(50)43-27(36(53)54)15-19(4)5/h8-11,18-20,23-27,30,45H,7,12-17,37H2,1-6H3,(H2,38,46)(H2,39,47)(H,40,52)(H,41,48)(H,42,49)(H,43,50)(H,44,51)(H,53,54)/p+1/t20-,23-,24-,25-,26-,27-,30-/m0/s1. The molecule has 0 aromatic heterocycles. The van der Waals surface area contributed by atoms with Gasteiger partial charge in [-0.1, -0.05) is 60.1 Å². The van der Waals surface area contributed by atoms with Crippen molar-refractivity contribution in [2.75, 3.05) is 0 Å². The van der Waals surface area contributed by atoms with E-state index in [4.69, 9.17) is 11.5 Å². The molecule has 54 heavy (non-hydrogen) atoms. The topological polar surface area (TPSA) is 317 Å². The second-order valence-corrected chi connectivity index (χ2v) is 14.5. The van der Waals surface area contributed by atoms with E-state index in [0.29, 0.717) is 18.4 Å². The van der Waals surface area contributed by atoms with Crippen LogP contribution in [-0.4, -0.2) is 93.8 Å². The third-order valence-electron chi connectivity index (χ3n) is 8.60. The number of benzene rings is 1. The van der Waals surface area contributed by atoms with Crippen molar-refractivity contribution >= 4 is 47.3 Å². The summed E-state index contributed by atoms with van der Waals surface area (Å²) >= 11 is 0. The monoisotopic (exact) mass is 763 g/mol. The van der Waals surface area contributed by atoms with E-state index in [2.05, 4.69) is 32.3 Å². The summed E-state index contributed by atoms with van der Waals surface area (Å²) in [5.41, 5.74) is 15.1. The van der Waals surface area contributed by atoms with Crippen molar-refractivity contribution in [1.82, 2.24) is 26.6 Å². The molecule has 0 saturated heterocycles. The lowest BCUT2D eigenvalue weighted by atomic mass is 9.96. The van der Waals surface area contributed by atoms with Gasteiger partial charge in [0.1, 0.15) is 36.0 Å². The predicted molar refractivity (Wildman–Crippen MR) is 196 cm³/mol. The minimum atomic E-state index is -1.64. The highest BCUT2D eigenvalue weighted by molar-refractivity contribution is 5.97. The summed E-state index contributed by atoms with van der Waals surface area (Å²) in [6, 6.07) is -1.61. The van der Waals surface area contributed by atoms with Gasteiger partial charge in [-0.05, 0) is 48.3 Å². The predicted octanol–water partition coefficient (Wildman–Crippen LogP) is -1.67. The summed E-state index contributed by atoms with van der Waals surface area (Å²) in [6.45, 7) is 10.8. The number of rotatable bonds is 24. The average molecular weight is 764 g/mol. The fraction of sp³-hybridized carbons (Fsp3) is 0.611. The van der Waals surface area contributed by atoms with E-state index in [0.717, 1.165) is 0 Å². The first kappa shape index (κ1) is 46.8. The van der Waals surface area contributed by atoms with Gasteiger partial charge >= 0.3 is 5.97 Å². The van der Waals surface area contributed by atoms with E-state index in [1.165, 1.54) is 12.1 Å². The number of phenolic OH excluding ortho intramolecular Hbond substituents is 1. The third kappa shape index (κ3) is 17.0. The first-order valence-electron chi connectivity index (χ1n) is 18.1. The van der Waals surface area contributed by atoms with Gasteiger partial charge in [-0.3, -0.25) is 33.6 Å². The second kappa shape index (κ2) is 22.7. The highest BCUT2D eigenvalue weighted by Crippen LogP contribution is 2.14. The summed E-state index contributed by atoms with van der Waals surface area (Å²) in [6.07, 6.45) is -0.573. The number of carbonyl (C=O) groups excluding carboxylic acids is 7. The molecule has 18 nitrogen and oxygen atoms in total. The molecule has 1 rings (SSSR count). The quantitative estimate of drug-likeness (QED) is 0.0571. The molecule has 0 spiro atoms. The molecular weight excluding hydrogens is 704 g/mol. The Morgan fingerprint density at radius 2 is 1.17 bits per heavy atom. The molecule has 18 heteroatoms. The molecule has 302 valence electrons.